The molecule has 1 aliphatic rings. The third-order valence-corrected chi connectivity index (χ3v) is 2.21. The lowest BCUT2D eigenvalue weighted by Gasteiger charge is -2.16. The molecule has 1 rings (SSSR count). The molecule has 0 aromatic rings. The molecule has 0 N–H and O–H groups in total. The minimum Gasteiger partial charge on any atom is -0.245 e. The van der Waals surface area contributed by atoms with Crippen molar-refractivity contribution < 1.29 is 0 Å². The summed E-state index contributed by atoms with van der Waals surface area (Å²) in [5.74, 6) is 0.903. The van der Waals surface area contributed by atoms with Crippen LogP contribution >= 0.6 is 0 Å². The fourth-order valence-electron chi connectivity index (χ4n) is 1.34. The predicted molar refractivity (Wildman–Crippen MR) is 39.0 cm³/mol. The van der Waals surface area contributed by atoms with Crippen LogP contribution in [0.25, 0.3) is 0 Å². The van der Waals surface area contributed by atoms with Gasteiger partial charge in [0, 0.05) is 27.2 Å². The summed E-state index contributed by atoms with van der Waals surface area (Å²) in [7, 11) is 4.30. The molecular weight excluding hydrogens is 112 g/mol. The van der Waals surface area contributed by atoms with Crippen molar-refractivity contribution in [3.05, 3.63) is 0 Å². The second-order valence-corrected chi connectivity index (χ2v) is 2.95. The van der Waals surface area contributed by atoms with E-state index in [1.54, 1.807) is 0 Å². The third-order valence-electron chi connectivity index (χ3n) is 2.21. The standard InChI is InChI=1S/C7H16N2/c1-4-7-5-8(2)9(3)6-7/h7H,4-6H2,1-3H3. The van der Waals surface area contributed by atoms with Crippen molar-refractivity contribution in [1.82, 2.24) is 10.0 Å². The zero-order valence-corrected chi connectivity index (χ0v) is 6.59. The zero-order valence-electron chi connectivity index (χ0n) is 6.59. The van der Waals surface area contributed by atoms with Crippen molar-refractivity contribution in [2.45, 2.75) is 13.3 Å². The highest BCUT2D eigenvalue weighted by atomic mass is 15.6. The van der Waals surface area contributed by atoms with Gasteiger partial charge in [-0.25, -0.2) is 10.0 Å². The van der Waals surface area contributed by atoms with Crippen LogP contribution in [0.3, 0.4) is 0 Å². The van der Waals surface area contributed by atoms with E-state index in [2.05, 4.69) is 31.0 Å². The summed E-state index contributed by atoms with van der Waals surface area (Å²) >= 11 is 0. The second-order valence-electron chi connectivity index (χ2n) is 2.95. The van der Waals surface area contributed by atoms with E-state index >= 15 is 0 Å². The highest BCUT2D eigenvalue weighted by Crippen LogP contribution is 2.14. The molecule has 0 aliphatic carbocycles. The van der Waals surface area contributed by atoms with Gasteiger partial charge in [-0.3, -0.25) is 0 Å². The Hall–Kier alpha value is -0.0800. The molecule has 9 heavy (non-hydrogen) atoms. The number of hydrazine groups is 1. The highest BCUT2D eigenvalue weighted by Gasteiger charge is 2.21. The molecule has 2 nitrogen and oxygen atoms in total. The van der Waals surface area contributed by atoms with Gasteiger partial charge in [-0.05, 0) is 5.92 Å². The molecule has 0 aromatic heterocycles. The number of nitrogens with zero attached hydrogens (tertiary/aromatic N) is 2. The van der Waals surface area contributed by atoms with Crippen molar-refractivity contribution in [1.29, 1.82) is 0 Å². The Morgan fingerprint density at radius 2 is 1.67 bits per heavy atom. The van der Waals surface area contributed by atoms with Crippen molar-refractivity contribution >= 4 is 0 Å². The van der Waals surface area contributed by atoms with E-state index in [1.165, 1.54) is 19.5 Å². The Morgan fingerprint density at radius 1 is 1.22 bits per heavy atom. The Kier molecular flexibility index (Phi) is 2.09. The van der Waals surface area contributed by atoms with E-state index in [9.17, 15) is 0 Å². The fourth-order valence-corrected chi connectivity index (χ4v) is 1.34. The van der Waals surface area contributed by atoms with Gasteiger partial charge in [-0.1, -0.05) is 13.3 Å². The number of hydrogen-bond donors (Lipinski definition) is 0. The molecule has 0 spiro atoms. The third kappa shape index (κ3) is 1.43. The van der Waals surface area contributed by atoms with E-state index in [0.717, 1.165) is 5.92 Å². The summed E-state index contributed by atoms with van der Waals surface area (Å²) in [6.45, 7) is 4.75. The molecule has 0 radical (unpaired) electrons. The Balaban J connectivity index is 2.35. The summed E-state index contributed by atoms with van der Waals surface area (Å²) in [6.07, 6.45) is 1.31. The van der Waals surface area contributed by atoms with Crippen molar-refractivity contribution in [3.8, 4) is 0 Å². The monoisotopic (exact) mass is 128 g/mol. The summed E-state index contributed by atoms with van der Waals surface area (Å²) in [6, 6.07) is 0. The summed E-state index contributed by atoms with van der Waals surface area (Å²) in [5.41, 5.74) is 0. The zero-order chi connectivity index (χ0) is 6.85. The molecule has 0 aromatic carbocycles. The summed E-state index contributed by atoms with van der Waals surface area (Å²) in [5, 5.41) is 4.57. The second kappa shape index (κ2) is 2.67. The molecule has 1 fully saturated rings. The maximum absolute atomic E-state index is 2.29. The SMILES string of the molecule is CCC1CN(C)N(C)C1. The Morgan fingerprint density at radius 3 is 1.89 bits per heavy atom. The minimum atomic E-state index is 0.903. The van der Waals surface area contributed by atoms with Crippen LogP contribution in [0.4, 0.5) is 0 Å². The summed E-state index contributed by atoms with van der Waals surface area (Å²) < 4.78 is 0. The molecule has 0 bridgehead atoms. The fraction of sp³-hybridized carbons (Fsp3) is 1.00. The molecule has 0 saturated carbocycles. The lowest BCUT2D eigenvalue weighted by atomic mass is 10.1. The maximum atomic E-state index is 2.29. The Bertz CT molecular complexity index is 82.9. The number of hydrogen-bond acceptors (Lipinski definition) is 2. The first kappa shape index (κ1) is 7.03. The molecular formula is C7H16N2. The van der Waals surface area contributed by atoms with Gasteiger partial charge in [-0.15, -0.1) is 0 Å². The lowest BCUT2D eigenvalue weighted by Crippen LogP contribution is -2.28. The van der Waals surface area contributed by atoms with Crippen LogP contribution in [0, 0.1) is 5.92 Å². The van der Waals surface area contributed by atoms with Gasteiger partial charge in [0.15, 0.2) is 0 Å². The molecule has 0 amide bonds. The van der Waals surface area contributed by atoms with Gasteiger partial charge >= 0.3 is 0 Å². The van der Waals surface area contributed by atoms with Gasteiger partial charge in [-0.2, -0.15) is 0 Å². The van der Waals surface area contributed by atoms with Crippen LogP contribution in [0.5, 0.6) is 0 Å². The Labute approximate surface area is 57.4 Å². The van der Waals surface area contributed by atoms with E-state index in [1.807, 2.05) is 0 Å². The normalized spacial score (nSPS) is 25.7. The molecule has 1 aliphatic heterocycles. The van der Waals surface area contributed by atoms with Gasteiger partial charge in [0.05, 0.1) is 0 Å². The average Bonchev–Trinajstić information content (AvgIpc) is 2.13. The van der Waals surface area contributed by atoms with Gasteiger partial charge in [0.1, 0.15) is 0 Å². The van der Waals surface area contributed by atoms with E-state index < -0.39 is 0 Å². The average molecular weight is 128 g/mol. The van der Waals surface area contributed by atoms with Crippen LogP contribution in [0.15, 0.2) is 0 Å². The molecule has 2 heteroatoms. The van der Waals surface area contributed by atoms with Gasteiger partial charge in [0.25, 0.3) is 0 Å². The van der Waals surface area contributed by atoms with Crippen LogP contribution in [-0.2, 0) is 0 Å². The molecule has 54 valence electrons. The van der Waals surface area contributed by atoms with Gasteiger partial charge < -0.3 is 0 Å². The predicted octanol–water partition coefficient (Wildman–Crippen LogP) is 0.805. The number of rotatable bonds is 1. The van der Waals surface area contributed by atoms with E-state index in [-0.39, 0.29) is 0 Å². The van der Waals surface area contributed by atoms with E-state index in [4.69, 9.17) is 0 Å². The molecule has 0 unspecified atom stereocenters. The van der Waals surface area contributed by atoms with Crippen LogP contribution < -0.4 is 0 Å². The topological polar surface area (TPSA) is 6.48 Å². The van der Waals surface area contributed by atoms with Crippen LogP contribution in [0.1, 0.15) is 13.3 Å². The van der Waals surface area contributed by atoms with Crippen molar-refractivity contribution in [3.63, 3.8) is 0 Å². The minimum absolute atomic E-state index is 0.903. The lowest BCUT2D eigenvalue weighted by molar-refractivity contribution is 0.0894. The first-order valence-corrected chi connectivity index (χ1v) is 3.66. The quantitative estimate of drug-likeness (QED) is 0.515. The smallest absolute Gasteiger partial charge is 0.0171 e. The molecule has 0 atom stereocenters. The maximum Gasteiger partial charge on any atom is 0.0171 e. The van der Waals surface area contributed by atoms with Crippen LogP contribution in [-0.4, -0.2) is 37.2 Å². The molecule has 1 heterocycles. The van der Waals surface area contributed by atoms with E-state index in [0.29, 0.717) is 0 Å². The summed E-state index contributed by atoms with van der Waals surface area (Å²) in [4.78, 5) is 0. The first-order valence-electron chi connectivity index (χ1n) is 3.66. The first-order chi connectivity index (χ1) is 4.24. The van der Waals surface area contributed by atoms with Gasteiger partial charge in [0.2, 0.25) is 0 Å². The highest BCUT2D eigenvalue weighted by molar-refractivity contribution is 4.70. The van der Waals surface area contributed by atoms with Crippen molar-refractivity contribution in [2.24, 2.45) is 5.92 Å². The molecule has 1 saturated heterocycles. The van der Waals surface area contributed by atoms with Crippen molar-refractivity contribution in [2.75, 3.05) is 27.2 Å². The van der Waals surface area contributed by atoms with Crippen LogP contribution in [0.2, 0.25) is 0 Å². The largest absolute Gasteiger partial charge is 0.245 e.